The molecule has 0 saturated carbocycles. The molecule has 0 heterocycles. The predicted molar refractivity (Wildman–Crippen MR) is 316 cm³/mol. The molecule has 0 aromatic heterocycles. The van der Waals surface area contributed by atoms with Crippen molar-refractivity contribution in [1.29, 1.82) is 0 Å². The van der Waals surface area contributed by atoms with E-state index in [1.165, 1.54) is 225 Å². The zero-order valence-electron chi connectivity index (χ0n) is 48.9. The summed E-state index contributed by atoms with van der Waals surface area (Å²) in [6, 6.07) is 0. The average Bonchev–Trinajstić information content (AvgIpc) is 3.39. The number of esters is 3. The maximum Gasteiger partial charge on any atom is 0.306 e. The Kier molecular flexibility index (Phi) is 59.7. The zero-order chi connectivity index (χ0) is 52.9. The van der Waals surface area contributed by atoms with Crippen molar-refractivity contribution in [2.75, 3.05) is 13.2 Å². The summed E-state index contributed by atoms with van der Waals surface area (Å²) in [5.74, 6) is -0.873. The first-order valence-electron chi connectivity index (χ1n) is 32.1. The molecule has 0 radical (unpaired) electrons. The molecule has 6 nitrogen and oxygen atoms in total. The van der Waals surface area contributed by atoms with Gasteiger partial charge < -0.3 is 14.2 Å². The van der Waals surface area contributed by atoms with Gasteiger partial charge in [-0.25, -0.2) is 0 Å². The Labute approximate surface area is 454 Å². The fourth-order valence-electron chi connectivity index (χ4n) is 9.41. The quantitative estimate of drug-likeness (QED) is 0.0261. The van der Waals surface area contributed by atoms with Crippen LogP contribution in [-0.2, 0) is 28.6 Å². The molecule has 0 spiro atoms. The van der Waals surface area contributed by atoms with Crippen LogP contribution in [0.3, 0.4) is 0 Å². The van der Waals surface area contributed by atoms with Crippen molar-refractivity contribution in [1.82, 2.24) is 0 Å². The number of unbranched alkanes of at least 4 members (excludes halogenated alkanes) is 40. The van der Waals surface area contributed by atoms with Crippen LogP contribution >= 0.6 is 0 Å². The van der Waals surface area contributed by atoms with E-state index in [1.54, 1.807) is 0 Å². The smallest absolute Gasteiger partial charge is 0.306 e. The monoisotopic (exact) mass is 1020 g/mol. The van der Waals surface area contributed by atoms with Crippen LogP contribution in [0.4, 0.5) is 0 Å². The Hall–Kier alpha value is -2.63. The highest BCUT2D eigenvalue weighted by atomic mass is 16.6. The molecule has 0 fully saturated rings. The fraction of sp³-hybridized carbons (Fsp3) is 0.836. The van der Waals surface area contributed by atoms with Gasteiger partial charge in [-0.2, -0.15) is 0 Å². The highest BCUT2D eigenvalue weighted by Crippen LogP contribution is 2.17. The molecule has 0 aliphatic carbocycles. The molecule has 6 heteroatoms. The molecule has 426 valence electrons. The summed E-state index contributed by atoms with van der Waals surface area (Å²) in [5.41, 5.74) is 0. The van der Waals surface area contributed by atoms with Crippen LogP contribution < -0.4 is 0 Å². The summed E-state index contributed by atoms with van der Waals surface area (Å²) in [5, 5.41) is 0. The Balaban J connectivity index is 4.17. The second-order valence-corrected chi connectivity index (χ2v) is 21.7. The molecular formula is C67H122O6. The van der Waals surface area contributed by atoms with E-state index in [9.17, 15) is 14.4 Å². The van der Waals surface area contributed by atoms with Gasteiger partial charge in [0.1, 0.15) is 13.2 Å². The molecule has 0 saturated heterocycles. The summed E-state index contributed by atoms with van der Waals surface area (Å²) < 4.78 is 16.9. The summed E-state index contributed by atoms with van der Waals surface area (Å²) in [4.78, 5) is 38.2. The van der Waals surface area contributed by atoms with Gasteiger partial charge in [0.25, 0.3) is 0 Å². The van der Waals surface area contributed by atoms with E-state index >= 15 is 0 Å². The van der Waals surface area contributed by atoms with Crippen LogP contribution in [-0.4, -0.2) is 37.2 Å². The molecule has 0 rings (SSSR count). The van der Waals surface area contributed by atoms with E-state index in [1.807, 2.05) is 0 Å². The van der Waals surface area contributed by atoms with E-state index in [4.69, 9.17) is 14.2 Å². The lowest BCUT2D eigenvalue weighted by Crippen LogP contribution is -2.30. The Morgan fingerprint density at radius 1 is 0.274 bits per heavy atom. The molecule has 0 amide bonds. The standard InChI is InChI=1S/C67H122O6/c1-4-7-10-13-16-19-22-24-26-28-30-31-32-33-34-35-36-37-38-40-41-43-45-48-51-54-57-60-66(69)72-63-64(62-71-65(68)59-56-53-50-47-21-18-15-12-9-6-3)73-67(70)61-58-55-52-49-46-44-42-39-29-27-25-23-20-17-14-11-8-5-2/h12,15,22,24,27-30,64H,4-11,13-14,16-21,23,25-26,31-63H2,1-3H3/b15-12-,24-22-,29-27-,30-28-. The largest absolute Gasteiger partial charge is 0.462 e. The lowest BCUT2D eigenvalue weighted by molar-refractivity contribution is -0.167. The van der Waals surface area contributed by atoms with E-state index in [2.05, 4.69) is 69.4 Å². The Morgan fingerprint density at radius 3 is 0.822 bits per heavy atom. The normalized spacial score (nSPS) is 12.3. The van der Waals surface area contributed by atoms with Gasteiger partial charge in [0.2, 0.25) is 0 Å². The second-order valence-electron chi connectivity index (χ2n) is 21.7. The van der Waals surface area contributed by atoms with Crippen molar-refractivity contribution in [3.05, 3.63) is 48.6 Å². The number of rotatable bonds is 59. The molecule has 0 N–H and O–H groups in total. The minimum Gasteiger partial charge on any atom is -0.462 e. The van der Waals surface area contributed by atoms with Crippen LogP contribution in [0.25, 0.3) is 0 Å². The van der Waals surface area contributed by atoms with Crippen molar-refractivity contribution in [3.8, 4) is 0 Å². The molecular weight excluding hydrogens is 901 g/mol. The van der Waals surface area contributed by atoms with Crippen molar-refractivity contribution in [2.24, 2.45) is 0 Å². The third-order valence-electron chi connectivity index (χ3n) is 14.3. The first-order valence-corrected chi connectivity index (χ1v) is 32.1. The fourth-order valence-corrected chi connectivity index (χ4v) is 9.41. The van der Waals surface area contributed by atoms with Gasteiger partial charge >= 0.3 is 17.9 Å². The highest BCUT2D eigenvalue weighted by molar-refractivity contribution is 5.71. The summed E-state index contributed by atoms with van der Waals surface area (Å²) in [7, 11) is 0. The Morgan fingerprint density at radius 2 is 0.521 bits per heavy atom. The Bertz CT molecular complexity index is 1270. The molecule has 0 bridgehead atoms. The molecule has 0 aromatic carbocycles. The maximum atomic E-state index is 12.9. The van der Waals surface area contributed by atoms with Crippen LogP contribution in [0.2, 0.25) is 0 Å². The molecule has 0 aliphatic heterocycles. The predicted octanol–water partition coefficient (Wildman–Crippen LogP) is 21.8. The van der Waals surface area contributed by atoms with E-state index in [0.717, 1.165) is 77.0 Å². The molecule has 1 unspecified atom stereocenters. The lowest BCUT2D eigenvalue weighted by atomic mass is 10.0. The zero-order valence-corrected chi connectivity index (χ0v) is 48.9. The van der Waals surface area contributed by atoms with Crippen molar-refractivity contribution in [2.45, 2.75) is 348 Å². The average molecular weight is 1020 g/mol. The van der Waals surface area contributed by atoms with Crippen LogP contribution in [0.15, 0.2) is 48.6 Å². The van der Waals surface area contributed by atoms with Gasteiger partial charge in [-0.05, 0) is 96.3 Å². The first-order chi connectivity index (χ1) is 36.0. The summed E-state index contributed by atoms with van der Waals surface area (Å²) in [6.07, 6.45) is 77.0. The SMILES string of the molecule is CCC/C=C\CCCCCCCC(=O)OCC(COC(=O)CCCCCCCCCCCCCCCCC/C=C\C/C=C\CCCCCCC)OC(=O)CCCCCCCCC/C=C\CCCCCCCCC. The molecule has 0 aliphatic rings. The number of hydrogen-bond acceptors (Lipinski definition) is 6. The summed E-state index contributed by atoms with van der Waals surface area (Å²) in [6.45, 7) is 6.60. The second kappa shape index (κ2) is 61.9. The number of carbonyl (C=O) groups is 3. The van der Waals surface area contributed by atoms with Crippen molar-refractivity contribution < 1.29 is 28.6 Å². The van der Waals surface area contributed by atoms with Crippen molar-refractivity contribution >= 4 is 17.9 Å². The van der Waals surface area contributed by atoms with E-state index in [0.29, 0.717) is 19.3 Å². The number of hydrogen-bond donors (Lipinski definition) is 0. The van der Waals surface area contributed by atoms with Gasteiger partial charge in [-0.3, -0.25) is 14.4 Å². The van der Waals surface area contributed by atoms with Crippen LogP contribution in [0.5, 0.6) is 0 Å². The highest BCUT2D eigenvalue weighted by Gasteiger charge is 2.19. The first kappa shape index (κ1) is 70.4. The maximum absolute atomic E-state index is 12.9. The van der Waals surface area contributed by atoms with Gasteiger partial charge in [0.05, 0.1) is 0 Å². The summed E-state index contributed by atoms with van der Waals surface area (Å²) >= 11 is 0. The minimum absolute atomic E-state index is 0.0749. The van der Waals surface area contributed by atoms with Gasteiger partial charge in [0, 0.05) is 19.3 Å². The third kappa shape index (κ3) is 60.1. The van der Waals surface area contributed by atoms with Crippen molar-refractivity contribution in [3.63, 3.8) is 0 Å². The topological polar surface area (TPSA) is 78.9 Å². The van der Waals surface area contributed by atoms with E-state index in [-0.39, 0.29) is 31.1 Å². The lowest BCUT2D eigenvalue weighted by Gasteiger charge is -2.18. The van der Waals surface area contributed by atoms with Gasteiger partial charge in [0.15, 0.2) is 6.10 Å². The molecule has 1 atom stereocenters. The van der Waals surface area contributed by atoms with Crippen LogP contribution in [0, 0.1) is 0 Å². The van der Waals surface area contributed by atoms with Gasteiger partial charge in [-0.15, -0.1) is 0 Å². The minimum atomic E-state index is -0.777. The number of carbonyl (C=O) groups excluding carboxylic acids is 3. The van der Waals surface area contributed by atoms with Crippen LogP contribution in [0.1, 0.15) is 342 Å². The number of allylic oxidation sites excluding steroid dienone is 8. The molecule has 73 heavy (non-hydrogen) atoms. The molecule has 0 aromatic rings. The number of ether oxygens (including phenoxy) is 3. The van der Waals surface area contributed by atoms with Gasteiger partial charge in [-0.1, -0.05) is 275 Å². The van der Waals surface area contributed by atoms with E-state index < -0.39 is 6.10 Å². The third-order valence-corrected chi connectivity index (χ3v) is 14.3.